The second-order valence-electron chi connectivity index (χ2n) is 3.98. The molecule has 0 bridgehead atoms. The first-order chi connectivity index (χ1) is 8.85. The molecular weight excluding hydrogens is 260 g/mol. The third kappa shape index (κ3) is 4.18. The average molecular weight is 276 g/mol. The van der Waals surface area contributed by atoms with Crippen LogP contribution in [0.25, 0.3) is 0 Å². The topological polar surface area (TPSA) is 108 Å². The highest BCUT2D eigenvalue weighted by Crippen LogP contribution is 2.27. The van der Waals surface area contributed by atoms with Crippen molar-refractivity contribution in [2.75, 3.05) is 6.61 Å². The van der Waals surface area contributed by atoms with Gasteiger partial charge >= 0.3 is 17.9 Å². The number of ether oxygens (including phenoxy) is 4. The second-order valence-corrected chi connectivity index (χ2v) is 3.98. The lowest BCUT2D eigenvalue weighted by molar-refractivity contribution is -0.196. The van der Waals surface area contributed by atoms with Crippen molar-refractivity contribution in [1.29, 1.82) is 0 Å². The maximum Gasteiger partial charge on any atom is 0.305 e. The predicted octanol–water partition coefficient (Wildman–Crippen LogP) is -0.870. The van der Waals surface area contributed by atoms with Gasteiger partial charge in [0.05, 0.1) is 6.61 Å². The molecule has 1 rings (SSSR count). The lowest BCUT2D eigenvalue weighted by Gasteiger charge is -2.22. The Morgan fingerprint density at radius 2 is 1.42 bits per heavy atom. The quantitative estimate of drug-likeness (QED) is 0.521. The summed E-state index contributed by atoms with van der Waals surface area (Å²) in [5, 5.41) is 9.16. The Morgan fingerprint density at radius 3 is 1.84 bits per heavy atom. The maximum atomic E-state index is 11.0. The van der Waals surface area contributed by atoms with Gasteiger partial charge in [-0.2, -0.15) is 0 Å². The summed E-state index contributed by atoms with van der Waals surface area (Å²) in [6.45, 7) is 3.00. The SMILES string of the molecule is CC(=O)O[C@@H]1O[C@H](CO)[C@@H](OC(C)=O)[C@@H]1OC(C)=O. The van der Waals surface area contributed by atoms with E-state index in [0.717, 1.165) is 13.8 Å². The highest BCUT2D eigenvalue weighted by atomic mass is 16.7. The van der Waals surface area contributed by atoms with E-state index in [4.69, 9.17) is 24.1 Å². The minimum absolute atomic E-state index is 0.479. The number of hydrogen-bond acceptors (Lipinski definition) is 8. The molecule has 0 unspecified atom stereocenters. The molecule has 0 spiro atoms. The van der Waals surface area contributed by atoms with Gasteiger partial charge in [-0.25, -0.2) is 0 Å². The average Bonchev–Trinajstić information content (AvgIpc) is 2.55. The van der Waals surface area contributed by atoms with E-state index in [1.54, 1.807) is 0 Å². The third-order valence-electron chi connectivity index (χ3n) is 2.33. The van der Waals surface area contributed by atoms with E-state index in [1.165, 1.54) is 6.92 Å². The summed E-state index contributed by atoms with van der Waals surface area (Å²) in [6.07, 6.45) is -4.29. The highest BCUT2D eigenvalue weighted by Gasteiger charge is 2.50. The van der Waals surface area contributed by atoms with Gasteiger partial charge in [0.2, 0.25) is 12.4 Å². The molecule has 0 amide bonds. The van der Waals surface area contributed by atoms with Crippen molar-refractivity contribution in [3.8, 4) is 0 Å². The summed E-state index contributed by atoms with van der Waals surface area (Å²) < 4.78 is 19.9. The van der Waals surface area contributed by atoms with Crippen molar-refractivity contribution >= 4 is 17.9 Å². The van der Waals surface area contributed by atoms with Crippen LogP contribution in [-0.2, 0) is 33.3 Å². The third-order valence-corrected chi connectivity index (χ3v) is 2.33. The largest absolute Gasteiger partial charge is 0.455 e. The molecule has 108 valence electrons. The van der Waals surface area contributed by atoms with Gasteiger partial charge in [0.1, 0.15) is 6.10 Å². The first kappa shape index (κ1) is 15.4. The van der Waals surface area contributed by atoms with Crippen LogP contribution in [0, 0.1) is 0 Å². The van der Waals surface area contributed by atoms with Crippen LogP contribution in [0.15, 0.2) is 0 Å². The lowest BCUT2D eigenvalue weighted by atomic mass is 10.1. The zero-order valence-electron chi connectivity index (χ0n) is 10.8. The molecular formula is C11H16O8. The normalized spacial score (nSPS) is 29.7. The Morgan fingerprint density at radius 1 is 0.947 bits per heavy atom. The molecule has 0 aromatic carbocycles. The molecule has 19 heavy (non-hydrogen) atoms. The van der Waals surface area contributed by atoms with Crippen LogP contribution < -0.4 is 0 Å². The number of aliphatic hydroxyl groups excluding tert-OH is 1. The Labute approximate surface area is 109 Å². The minimum atomic E-state index is -1.22. The Kier molecular flexibility index (Phi) is 5.25. The van der Waals surface area contributed by atoms with Gasteiger partial charge in [0, 0.05) is 20.8 Å². The van der Waals surface area contributed by atoms with Crippen LogP contribution in [0.5, 0.6) is 0 Å². The Bertz CT molecular complexity index is 366. The zero-order valence-corrected chi connectivity index (χ0v) is 10.8. The van der Waals surface area contributed by atoms with Crippen molar-refractivity contribution in [1.82, 2.24) is 0 Å². The van der Waals surface area contributed by atoms with Gasteiger partial charge < -0.3 is 24.1 Å². The van der Waals surface area contributed by atoms with Gasteiger partial charge in [-0.05, 0) is 0 Å². The first-order valence-corrected chi connectivity index (χ1v) is 5.63. The number of carbonyl (C=O) groups is 3. The number of carbonyl (C=O) groups excluding carboxylic acids is 3. The van der Waals surface area contributed by atoms with Crippen LogP contribution in [0.1, 0.15) is 20.8 Å². The van der Waals surface area contributed by atoms with Gasteiger partial charge in [0.15, 0.2) is 6.10 Å². The number of hydrogen-bond donors (Lipinski definition) is 1. The Balaban J connectivity index is 2.90. The van der Waals surface area contributed by atoms with Crippen molar-refractivity contribution in [2.45, 2.75) is 45.4 Å². The monoisotopic (exact) mass is 276 g/mol. The fourth-order valence-electron chi connectivity index (χ4n) is 1.75. The van der Waals surface area contributed by atoms with E-state index >= 15 is 0 Å². The number of aliphatic hydroxyl groups is 1. The Hall–Kier alpha value is -1.67. The molecule has 1 aliphatic rings. The van der Waals surface area contributed by atoms with Crippen molar-refractivity contribution in [3.63, 3.8) is 0 Å². The minimum Gasteiger partial charge on any atom is -0.455 e. The molecule has 8 nitrogen and oxygen atoms in total. The van der Waals surface area contributed by atoms with E-state index in [1.807, 2.05) is 0 Å². The molecule has 0 aromatic rings. The summed E-state index contributed by atoms with van der Waals surface area (Å²) in [5.41, 5.74) is 0. The molecule has 1 aliphatic heterocycles. The molecule has 1 N–H and O–H groups in total. The molecule has 1 heterocycles. The highest BCUT2D eigenvalue weighted by molar-refractivity contribution is 5.68. The van der Waals surface area contributed by atoms with Crippen molar-refractivity contribution in [3.05, 3.63) is 0 Å². The van der Waals surface area contributed by atoms with Crippen molar-refractivity contribution < 1.29 is 38.4 Å². The van der Waals surface area contributed by atoms with E-state index in [2.05, 4.69) is 0 Å². The van der Waals surface area contributed by atoms with Crippen LogP contribution in [0.4, 0.5) is 0 Å². The summed E-state index contributed by atoms with van der Waals surface area (Å²) in [6, 6.07) is 0. The fourth-order valence-corrected chi connectivity index (χ4v) is 1.75. The lowest BCUT2D eigenvalue weighted by Crippen LogP contribution is -2.41. The number of esters is 3. The molecule has 0 aliphatic carbocycles. The van der Waals surface area contributed by atoms with Crippen LogP contribution in [0.2, 0.25) is 0 Å². The zero-order chi connectivity index (χ0) is 14.6. The van der Waals surface area contributed by atoms with Crippen LogP contribution in [0.3, 0.4) is 0 Å². The first-order valence-electron chi connectivity index (χ1n) is 5.63. The van der Waals surface area contributed by atoms with Gasteiger partial charge in [-0.1, -0.05) is 0 Å². The molecule has 0 radical (unpaired) electrons. The molecule has 0 saturated carbocycles. The second kappa shape index (κ2) is 6.48. The van der Waals surface area contributed by atoms with Crippen molar-refractivity contribution in [2.24, 2.45) is 0 Å². The predicted molar refractivity (Wildman–Crippen MR) is 58.6 cm³/mol. The fraction of sp³-hybridized carbons (Fsp3) is 0.727. The maximum absolute atomic E-state index is 11.0. The van der Waals surface area contributed by atoms with E-state index < -0.39 is 49.1 Å². The van der Waals surface area contributed by atoms with Gasteiger partial charge in [-0.15, -0.1) is 0 Å². The van der Waals surface area contributed by atoms with Crippen LogP contribution in [-0.4, -0.2) is 54.2 Å². The summed E-state index contributed by atoms with van der Waals surface area (Å²) >= 11 is 0. The van der Waals surface area contributed by atoms with E-state index in [9.17, 15) is 14.4 Å². The van der Waals surface area contributed by atoms with Crippen LogP contribution >= 0.6 is 0 Å². The smallest absolute Gasteiger partial charge is 0.305 e. The molecule has 1 fully saturated rings. The van der Waals surface area contributed by atoms with E-state index in [-0.39, 0.29) is 0 Å². The summed E-state index contributed by atoms with van der Waals surface area (Å²) in [7, 11) is 0. The molecule has 4 atom stereocenters. The standard InChI is InChI=1S/C11H16O8/c1-5(13)16-9-8(4-12)19-11(18-7(3)15)10(9)17-6(2)14/h8-12H,4H2,1-3H3/t8-,9-,10+,11-/m1/s1. The van der Waals surface area contributed by atoms with Gasteiger partial charge in [0.25, 0.3) is 0 Å². The summed E-state index contributed by atoms with van der Waals surface area (Å²) in [4.78, 5) is 33.0. The number of rotatable bonds is 4. The van der Waals surface area contributed by atoms with Gasteiger partial charge in [-0.3, -0.25) is 14.4 Å². The summed E-state index contributed by atoms with van der Waals surface area (Å²) in [5.74, 6) is -1.93. The molecule has 0 aromatic heterocycles. The molecule has 8 heteroatoms. The molecule has 1 saturated heterocycles. The van der Waals surface area contributed by atoms with E-state index in [0.29, 0.717) is 0 Å².